The van der Waals surface area contributed by atoms with E-state index in [0.717, 1.165) is 43.8 Å². The second-order valence-electron chi connectivity index (χ2n) is 6.10. The molecule has 1 heterocycles. The molecule has 1 unspecified atom stereocenters. The molecule has 106 valence electrons. The van der Waals surface area contributed by atoms with Crippen LogP contribution in [0.3, 0.4) is 0 Å². The first-order chi connectivity index (χ1) is 8.98. The van der Waals surface area contributed by atoms with Gasteiger partial charge in [0.2, 0.25) is 0 Å². The molecular weight excluding hydrogens is 238 g/mol. The van der Waals surface area contributed by atoms with Crippen molar-refractivity contribution >= 4 is 0 Å². The van der Waals surface area contributed by atoms with Crippen LogP contribution in [0.2, 0.25) is 0 Å². The lowest BCUT2D eigenvalue weighted by Crippen LogP contribution is -2.24. The lowest BCUT2D eigenvalue weighted by atomic mass is 10.0. The first-order valence-corrected chi connectivity index (χ1v) is 7.17. The number of fused-ring (bicyclic) bond motifs is 1. The summed E-state index contributed by atoms with van der Waals surface area (Å²) in [7, 11) is 0. The number of para-hydroxylation sites is 1. The molecule has 1 atom stereocenters. The lowest BCUT2D eigenvalue weighted by Gasteiger charge is -2.18. The van der Waals surface area contributed by atoms with Gasteiger partial charge < -0.3 is 15.2 Å². The van der Waals surface area contributed by atoms with Crippen molar-refractivity contribution in [1.82, 2.24) is 0 Å². The van der Waals surface area contributed by atoms with Crippen molar-refractivity contribution in [2.24, 2.45) is 5.73 Å². The van der Waals surface area contributed by atoms with Gasteiger partial charge in [0.25, 0.3) is 0 Å². The first kappa shape index (κ1) is 14.2. The number of benzene rings is 1. The average molecular weight is 263 g/mol. The molecule has 2 rings (SSSR count). The minimum Gasteiger partial charge on any atom is -0.490 e. The molecule has 0 radical (unpaired) electrons. The number of hydrogen-bond acceptors (Lipinski definition) is 3. The van der Waals surface area contributed by atoms with Crippen LogP contribution in [0.1, 0.15) is 45.6 Å². The predicted molar refractivity (Wildman–Crippen MR) is 77.8 cm³/mol. The molecular formula is C16H25NO2. The Morgan fingerprint density at radius 3 is 2.89 bits per heavy atom. The van der Waals surface area contributed by atoms with Gasteiger partial charge in [0.15, 0.2) is 11.5 Å². The third-order valence-corrected chi connectivity index (χ3v) is 3.37. The van der Waals surface area contributed by atoms with E-state index in [-0.39, 0.29) is 11.6 Å². The third kappa shape index (κ3) is 3.87. The van der Waals surface area contributed by atoms with Crippen molar-refractivity contribution < 1.29 is 9.47 Å². The molecule has 3 heteroatoms. The van der Waals surface area contributed by atoms with Gasteiger partial charge in [-0.2, -0.15) is 0 Å². The highest BCUT2D eigenvalue weighted by Gasteiger charge is 2.32. The molecule has 0 aromatic heterocycles. The van der Waals surface area contributed by atoms with Crippen LogP contribution in [0.15, 0.2) is 18.2 Å². The number of unbranched alkanes of at least 4 members (excludes halogenated alkanes) is 1. The zero-order chi connectivity index (χ0) is 13.9. The van der Waals surface area contributed by atoms with Gasteiger partial charge in [-0.05, 0) is 46.1 Å². The normalized spacial score (nSPS) is 17.7. The molecule has 1 aliphatic heterocycles. The summed E-state index contributed by atoms with van der Waals surface area (Å²) in [6, 6.07) is 6.44. The van der Waals surface area contributed by atoms with Gasteiger partial charge in [-0.15, -0.1) is 0 Å². The Balaban J connectivity index is 1.87. The fourth-order valence-electron chi connectivity index (χ4n) is 2.45. The van der Waals surface area contributed by atoms with Gasteiger partial charge in [-0.1, -0.05) is 12.1 Å². The summed E-state index contributed by atoms with van der Waals surface area (Å²) in [6.07, 6.45) is 4.15. The smallest absolute Gasteiger partial charge is 0.165 e. The Hall–Kier alpha value is -1.22. The predicted octanol–water partition coefficient (Wildman–Crippen LogP) is 3.30. The molecule has 0 spiro atoms. The van der Waals surface area contributed by atoms with E-state index in [2.05, 4.69) is 19.9 Å². The molecule has 1 aromatic carbocycles. The van der Waals surface area contributed by atoms with Gasteiger partial charge >= 0.3 is 0 Å². The van der Waals surface area contributed by atoms with Gasteiger partial charge in [0.05, 0.1) is 6.61 Å². The van der Waals surface area contributed by atoms with Gasteiger partial charge in [0.1, 0.15) is 5.60 Å². The summed E-state index contributed by atoms with van der Waals surface area (Å²) in [5, 5.41) is 0. The maximum atomic E-state index is 5.98. The largest absolute Gasteiger partial charge is 0.490 e. The molecule has 0 amide bonds. The Morgan fingerprint density at radius 2 is 2.16 bits per heavy atom. The second kappa shape index (κ2) is 5.83. The van der Waals surface area contributed by atoms with E-state index in [1.54, 1.807) is 0 Å². The highest BCUT2D eigenvalue weighted by atomic mass is 16.5. The first-order valence-electron chi connectivity index (χ1n) is 7.17. The molecule has 1 aliphatic rings. The molecule has 0 saturated carbocycles. The molecule has 0 bridgehead atoms. The summed E-state index contributed by atoms with van der Waals surface area (Å²) >= 11 is 0. The van der Waals surface area contributed by atoms with E-state index in [9.17, 15) is 0 Å². The molecule has 1 aromatic rings. The quantitative estimate of drug-likeness (QED) is 0.801. The Labute approximate surface area is 116 Å². The minimum absolute atomic E-state index is 0.114. The molecule has 2 N–H and O–H groups in total. The van der Waals surface area contributed by atoms with Crippen LogP contribution in [0, 0.1) is 0 Å². The van der Waals surface area contributed by atoms with E-state index < -0.39 is 0 Å². The standard InChI is InChI=1S/C16H25NO2/c1-12(17)7-4-5-10-18-14-9-6-8-13-11-16(2,3)19-15(13)14/h6,8-9,12H,4-5,7,10-11,17H2,1-3H3. The van der Waals surface area contributed by atoms with E-state index in [1.807, 2.05) is 19.1 Å². The van der Waals surface area contributed by atoms with E-state index >= 15 is 0 Å². The number of hydrogen-bond donors (Lipinski definition) is 1. The highest BCUT2D eigenvalue weighted by molar-refractivity contribution is 5.50. The van der Waals surface area contributed by atoms with Crippen molar-refractivity contribution in [2.45, 2.75) is 58.1 Å². The average Bonchev–Trinajstić information content (AvgIpc) is 2.63. The SMILES string of the molecule is CC(N)CCCCOc1cccc2c1OC(C)(C)C2. The summed E-state index contributed by atoms with van der Waals surface area (Å²) < 4.78 is 11.8. The van der Waals surface area contributed by atoms with Gasteiger partial charge in [-0.25, -0.2) is 0 Å². The maximum absolute atomic E-state index is 5.98. The van der Waals surface area contributed by atoms with Gasteiger partial charge in [0, 0.05) is 18.0 Å². The van der Waals surface area contributed by atoms with Crippen LogP contribution in [0.4, 0.5) is 0 Å². The van der Waals surface area contributed by atoms with E-state index in [1.165, 1.54) is 5.56 Å². The van der Waals surface area contributed by atoms with Crippen molar-refractivity contribution in [3.8, 4) is 11.5 Å². The van der Waals surface area contributed by atoms with Crippen LogP contribution >= 0.6 is 0 Å². The van der Waals surface area contributed by atoms with Crippen molar-refractivity contribution in [3.05, 3.63) is 23.8 Å². The van der Waals surface area contributed by atoms with E-state index in [0.29, 0.717) is 0 Å². The molecule has 0 fully saturated rings. The van der Waals surface area contributed by atoms with Crippen LogP contribution in [-0.4, -0.2) is 18.2 Å². The molecule has 3 nitrogen and oxygen atoms in total. The van der Waals surface area contributed by atoms with Gasteiger partial charge in [-0.3, -0.25) is 0 Å². The Kier molecular flexibility index (Phi) is 4.35. The second-order valence-corrected chi connectivity index (χ2v) is 6.10. The zero-order valence-electron chi connectivity index (χ0n) is 12.2. The van der Waals surface area contributed by atoms with Crippen LogP contribution in [-0.2, 0) is 6.42 Å². The summed E-state index contributed by atoms with van der Waals surface area (Å²) in [5.74, 6) is 1.81. The summed E-state index contributed by atoms with van der Waals surface area (Å²) in [5.41, 5.74) is 6.86. The number of ether oxygens (including phenoxy) is 2. The fourth-order valence-corrected chi connectivity index (χ4v) is 2.45. The van der Waals surface area contributed by atoms with Crippen LogP contribution in [0.5, 0.6) is 11.5 Å². The fraction of sp³-hybridized carbons (Fsp3) is 0.625. The maximum Gasteiger partial charge on any atom is 0.165 e. The van der Waals surface area contributed by atoms with Crippen molar-refractivity contribution in [1.29, 1.82) is 0 Å². The Morgan fingerprint density at radius 1 is 1.37 bits per heavy atom. The number of rotatable bonds is 6. The van der Waals surface area contributed by atoms with E-state index in [4.69, 9.17) is 15.2 Å². The van der Waals surface area contributed by atoms with Crippen LogP contribution in [0.25, 0.3) is 0 Å². The minimum atomic E-state index is -0.114. The highest BCUT2D eigenvalue weighted by Crippen LogP contribution is 2.41. The molecule has 0 saturated heterocycles. The summed E-state index contributed by atoms with van der Waals surface area (Å²) in [6.45, 7) is 6.99. The van der Waals surface area contributed by atoms with Crippen molar-refractivity contribution in [2.75, 3.05) is 6.61 Å². The lowest BCUT2D eigenvalue weighted by molar-refractivity contribution is 0.132. The topological polar surface area (TPSA) is 44.5 Å². The summed E-state index contributed by atoms with van der Waals surface area (Å²) in [4.78, 5) is 0. The molecule has 19 heavy (non-hydrogen) atoms. The Bertz CT molecular complexity index is 427. The monoisotopic (exact) mass is 263 g/mol. The number of nitrogens with two attached hydrogens (primary N) is 1. The third-order valence-electron chi connectivity index (χ3n) is 3.37. The van der Waals surface area contributed by atoms with Crippen LogP contribution < -0.4 is 15.2 Å². The zero-order valence-corrected chi connectivity index (χ0v) is 12.2. The van der Waals surface area contributed by atoms with Crippen molar-refractivity contribution in [3.63, 3.8) is 0 Å². The molecule has 0 aliphatic carbocycles.